The van der Waals surface area contributed by atoms with Crippen LogP contribution >= 0.6 is 0 Å². The fourth-order valence-electron chi connectivity index (χ4n) is 2.75. The average molecular weight is 318 g/mol. The van der Waals surface area contributed by atoms with E-state index in [2.05, 4.69) is 26.8 Å². The number of aromatic amines is 1. The second kappa shape index (κ2) is 6.97. The van der Waals surface area contributed by atoms with Gasteiger partial charge >= 0.3 is 0 Å². The molecule has 0 aliphatic carbocycles. The summed E-state index contributed by atoms with van der Waals surface area (Å²) in [6, 6.07) is 3.51. The maximum Gasteiger partial charge on any atom is 0.262 e. The number of benzene rings is 1. The molecule has 0 radical (unpaired) electrons. The van der Waals surface area contributed by atoms with Crippen LogP contribution in [0.1, 0.15) is 0 Å². The van der Waals surface area contributed by atoms with Crippen LogP contribution in [0.3, 0.4) is 0 Å². The van der Waals surface area contributed by atoms with E-state index in [1.54, 1.807) is 12.1 Å². The maximum atomic E-state index is 11.9. The zero-order chi connectivity index (χ0) is 16.2. The summed E-state index contributed by atoms with van der Waals surface area (Å²) < 4.78 is 11.1. The highest BCUT2D eigenvalue weighted by atomic mass is 16.5. The summed E-state index contributed by atoms with van der Waals surface area (Å²) in [6.45, 7) is 5.81. The van der Waals surface area contributed by atoms with Gasteiger partial charge in [-0.25, -0.2) is 4.98 Å². The molecular weight excluding hydrogens is 296 g/mol. The minimum Gasteiger partial charge on any atom is -0.496 e. The van der Waals surface area contributed by atoms with Crippen LogP contribution in [0.15, 0.2) is 23.3 Å². The molecule has 1 saturated heterocycles. The van der Waals surface area contributed by atoms with Gasteiger partial charge in [-0.3, -0.25) is 9.69 Å². The Hall–Kier alpha value is -2.12. The van der Waals surface area contributed by atoms with Gasteiger partial charge in [0.05, 0.1) is 19.0 Å². The molecule has 0 saturated carbocycles. The lowest BCUT2D eigenvalue weighted by Crippen LogP contribution is -2.45. The number of piperazine rings is 1. The van der Waals surface area contributed by atoms with Gasteiger partial charge in [0.2, 0.25) is 0 Å². The third-order valence-corrected chi connectivity index (χ3v) is 4.17. The number of likely N-dealkylation sites (N-methyl/N-ethyl adjacent to an activating group) is 1. The average Bonchev–Trinajstić information content (AvgIpc) is 2.56. The number of hydrogen-bond acceptors (Lipinski definition) is 6. The predicted octanol–water partition coefficient (Wildman–Crippen LogP) is 0.558. The van der Waals surface area contributed by atoms with Crippen molar-refractivity contribution >= 4 is 10.9 Å². The molecule has 0 bridgehead atoms. The Labute approximate surface area is 134 Å². The molecule has 7 nitrogen and oxygen atoms in total. The Morgan fingerprint density at radius 1 is 1.26 bits per heavy atom. The van der Waals surface area contributed by atoms with E-state index in [1.165, 1.54) is 13.4 Å². The molecule has 0 spiro atoms. The number of H-pyrrole nitrogens is 1. The van der Waals surface area contributed by atoms with Crippen LogP contribution in [0.2, 0.25) is 0 Å². The van der Waals surface area contributed by atoms with Crippen LogP contribution in [0.4, 0.5) is 0 Å². The number of hydrogen-bond donors (Lipinski definition) is 1. The molecular formula is C16H22N4O3. The van der Waals surface area contributed by atoms with E-state index in [4.69, 9.17) is 9.47 Å². The number of aromatic nitrogens is 2. The number of fused-ring (bicyclic) bond motifs is 1. The van der Waals surface area contributed by atoms with Crippen molar-refractivity contribution in [3.05, 3.63) is 28.8 Å². The van der Waals surface area contributed by atoms with Crippen molar-refractivity contribution in [1.29, 1.82) is 0 Å². The Morgan fingerprint density at radius 2 is 2.04 bits per heavy atom. The van der Waals surface area contributed by atoms with E-state index in [0.29, 0.717) is 29.0 Å². The van der Waals surface area contributed by atoms with Crippen molar-refractivity contribution in [1.82, 2.24) is 19.8 Å². The highest BCUT2D eigenvalue weighted by molar-refractivity contribution is 5.85. The Bertz CT molecular complexity index is 723. The van der Waals surface area contributed by atoms with Crippen LogP contribution in [0, 0.1) is 0 Å². The quantitative estimate of drug-likeness (QED) is 0.868. The molecule has 3 rings (SSSR count). The molecule has 0 amide bonds. The number of rotatable bonds is 5. The summed E-state index contributed by atoms with van der Waals surface area (Å²) in [7, 11) is 3.68. The van der Waals surface area contributed by atoms with Crippen LogP contribution in [0.25, 0.3) is 10.9 Å². The summed E-state index contributed by atoms with van der Waals surface area (Å²) in [4.78, 5) is 23.4. The van der Waals surface area contributed by atoms with Crippen LogP contribution in [-0.2, 0) is 0 Å². The van der Waals surface area contributed by atoms with Crippen LogP contribution in [-0.4, -0.2) is 73.3 Å². The van der Waals surface area contributed by atoms with Crippen molar-refractivity contribution in [2.45, 2.75) is 0 Å². The molecule has 0 atom stereocenters. The third kappa shape index (κ3) is 3.62. The topological polar surface area (TPSA) is 70.7 Å². The first-order chi connectivity index (χ1) is 11.2. The lowest BCUT2D eigenvalue weighted by Gasteiger charge is -2.32. The summed E-state index contributed by atoms with van der Waals surface area (Å²) in [6.07, 6.45) is 1.39. The van der Waals surface area contributed by atoms with Gasteiger partial charge in [-0.1, -0.05) is 0 Å². The number of ether oxygens (including phenoxy) is 2. The SMILES string of the molecule is COc1cc(OCCN2CCN(C)CC2)cc2nc[nH]c(=O)c12. The molecule has 1 N–H and O–H groups in total. The zero-order valence-corrected chi connectivity index (χ0v) is 13.5. The molecule has 1 aliphatic rings. The molecule has 1 fully saturated rings. The molecule has 7 heteroatoms. The van der Waals surface area contributed by atoms with Gasteiger partial charge < -0.3 is 19.4 Å². The lowest BCUT2D eigenvalue weighted by atomic mass is 10.2. The van der Waals surface area contributed by atoms with Crippen LogP contribution in [0.5, 0.6) is 11.5 Å². The predicted molar refractivity (Wildman–Crippen MR) is 88.3 cm³/mol. The van der Waals surface area contributed by atoms with Gasteiger partial charge in [0.25, 0.3) is 5.56 Å². The second-order valence-electron chi connectivity index (χ2n) is 5.74. The first-order valence-electron chi connectivity index (χ1n) is 7.76. The third-order valence-electron chi connectivity index (χ3n) is 4.17. The minimum atomic E-state index is -0.212. The summed E-state index contributed by atoms with van der Waals surface area (Å²) >= 11 is 0. The number of nitrogens with one attached hydrogen (secondary N) is 1. The summed E-state index contributed by atoms with van der Waals surface area (Å²) in [5.41, 5.74) is 0.360. The smallest absolute Gasteiger partial charge is 0.262 e. The van der Waals surface area contributed by atoms with E-state index in [9.17, 15) is 4.79 Å². The highest BCUT2D eigenvalue weighted by Gasteiger charge is 2.14. The van der Waals surface area contributed by atoms with E-state index in [-0.39, 0.29) is 5.56 Å². The summed E-state index contributed by atoms with van der Waals surface area (Å²) in [5, 5.41) is 0.446. The zero-order valence-electron chi connectivity index (χ0n) is 13.5. The van der Waals surface area contributed by atoms with Gasteiger partial charge in [-0.2, -0.15) is 0 Å². The Kier molecular flexibility index (Phi) is 4.78. The molecule has 124 valence electrons. The standard InChI is InChI=1S/C16H22N4O3/c1-19-3-5-20(6-4-19)7-8-23-12-9-13-15(14(10-12)22-2)16(21)18-11-17-13/h9-11H,3-8H2,1-2H3,(H,17,18,21). The molecule has 2 heterocycles. The number of nitrogens with zero attached hydrogens (tertiary/aromatic N) is 3. The maximum absolute atomic E-state index is 11.9. The molecule has 0 unspecified atom stereocenters. The van der Waals surface area contributed by atoms with Gasteiger partial charge in [-0.05, 0) is 7.05 Å². The van der Waals surface area contributed by atoms with Crippen molar-refractivity contribution < 1.29 is 9.47 Å². The Balaban J connectivity index is 1.67. The monoisotopic (exact) mass is 318 g/mol. The first-order valence-corrected chi connectivity index (χ1v) is 7.76. The fraction of sp³-hybridized carbons (Fsp3) is 0.500. The highest BCUT2D eigenvalue weighted by Crippen LogP contribution is 2.27. The normalized spacial score (nSPS) is 16.6. The Morgan fingerprint density at radius 3 is 2.78 bits per heavy atom. The van der Waals surface area contributed by atoms with Crippen molar-refractivity contribution in [3.63, 3.8) is 0 Å². The van der Waals surface area contributed by atoms with Gasteiger partial charge in [0, 0.05) is 44.9 Å². The first kappa shape index (κ1) is 15.8. The largest absolute Gasteiger partial charge is 0.496 e. The number of methoxy groups -OCH3 is 1. The molecule has 1 aromatic carbocycles. The van der Waals surface area contributed by atoms with Gasteiger partial charge in [-0.15, -0.1) is 0 Å². The van der Waals surface area contributed by atoms with E-state index < -0.39 is 0 Å². The molecule has 1 aromatic heterocycles. The van der Waals surface area contributed by atoms with E-state index >= 15 is 0 Å². The van der Waals surface area contributed by atoms with E-state index in [0.717, 1.165) is 32.7 Å². The molecule has 2 aromatic rings. The van der Waals surface area contributed by atoms with Crippen molar-refractivity contribution in [2.75, 3.05) is 53.5 Å². The van der Waals surface area contributed by atoms with Crippen molar-refractivity contribution in [3.8, 4) is 11.5 Å². The van der Waals surface area contributed by atoms with E-state index in [1.807, 2.05) is 0 Å². The summed E-state index contributed by atoms with van der Waals surface area (Å²) in [5.74, 6) is 1.15. The van der Waals surface area contributed by atoms with Crippen LogP contribution < -0.4 is 15.0 Å². The molecule has 1 aliphatic heterocycles. The molecule has 23 heavy (non-hydrogen) atoms. The fourth-order valence-corrected chi connectivity index (χ4v) is 2.75. The lowest BCUT2D eigenvalue weighted by molar-refractivity contribution is 0.133. The van der Waals surface area contributed by atoms with Gasteiger partial charge in [0.15, 0.2) is 0 Å². The van der Waals surface area contributed by atoms with Crippen molar-refractivity contribution in [2.24, 2.45) is 0 Å². The van der Waals surface area contributed by atoms with Gasteiger partial charge in [0.1, 0.15) is 23.5 Å². The minimum absolute atomic E-state index is 0.212. The second-order valence-corrected chi connectivity index (χ2v) is 5.74.